The van der Waals surface area contributed by atoms with Crippen molar-refractivity contribution in [3.05, 3.63) is 64.4 Å². The highest BCUT2D eigenvalue weighted by Gasteiger charge is 2.14. The number of benzene rings is 2. The molecule has 3 nitrogen and oxygen atoms in total. The second-order valence-electron chi connectivity index (χ2n) is 5.90. The van der Waals surface area contributed by atoms with E-state index in [2.05, 4.69) is 5.32 Å². The minimum absolute atomic E-state index is 0.109. The molecule has 1 aliphatic rings. The van der Waals surface area contributed by atoms with Crippen LogP contribution in [0.15, 0.2) is 42.5 Å². The van der Waals surface area contributed by atoms with Crippen molar-refractivity contribution < 1.29 is 13.9 Å². The first-order chi connectivity index (χ1) is 11.7. The summed E-state index contributed by atoms with van der Waals surface area (Å²) >= 11 is 6.02. The molecular formula is C19H21ClFNO2. The minimum atomic E-state index is -0.350. The molecule has 5 heteroatoms. The maximum Gasteiger partial charge on any atom is 0.131 e. The van der Waals surface area contributed by atoms with E-state index in [9.17, 15) is 4.39 Å². The molecule has 0 spiro atoms. The maximum atomic E-state index is 13.8. The van der Waals surface area contributed by atoms with Gasteiger partial charge in [-0.25, -0.2) is 4.39 Å². The summed E-state index contributed by atoms with van der Waals surface area (Å²) in [6.45, 7) is 2.58. The fourth-order valence-electron chi connectivity index (χ4n) is 2.75. The molecule has 0 aromatic heterocycles. The number of rotatable bonds is 7. The van der Waals surface area contributed by atoms with Gasteiger partial charge in [-0.3, -0.25) is 0 Å². The molecule has 0 aliphatic carbocycles. The molecule has 1 fully saturated rings. The first kappa shape index (κ1) is 17.2. The monoisotopic (exact) mass is 349 g/mol. The van der Waals surface area contributed by atoms with E-state index in [0.29, 0.717) is 22.4 Å². The topological polar surface area (TPSA) is 30.5 Å². The molecule has 1 atom stereocenters. The SMILES string of the molecule is Fc1cccc(Cl)c1COc1cccc(CNC[C@@H]2CCCO2)c1. The van der Waals surface area contributed by atoms with E-state index in [0.717, 1.165) is 38.1 Å². The van der Waals surface area contributed by atoms with Crippen molar-refractivity contribution >= 4 is 11.6 Å². The van der Waals surface area contributed by atoms with E-state index < -0.39 is 0 Å². The van der Waals surface area contributed by atoms with Gasteiger partial charge in [0.2, 0.25) is 0 Å². The summed E-state index contributed by atoms with van der Waals surface area (Å²) in [5.41, 5.74) is 1.49. The Hall–Kier alpha value is -1.62. The maximum absolute atomic E-state index is 13.8. The van der Waals surface area contributed by atoms with Crippen LogP contribution in [0.25, 0.3) is 0 Å². The van der Waals surface area contributed by atoms with Gasteiger partial charge in [-0.05, 0) is 42.7 Å². The lowest BCUT2D eigenvalue weighted by Crippen LogP contribution is -2.25. The lowest BCUT2D eigenvalue weighted by atomic mass is 10.2. The van der Waals surface area contributed by atoms with Gasteiger partial charge in [0.05, 0.1) is 11.1 Å². The van der Waals surface area contributed by atoms with Gasteiger partial charge in [-0.1, -0.05) is 29.8 Å². The highest BCUT2D eigenvalue weighted by atomic mass is 35.5. The standard InChI is InChI=1S/C19H21ClFNO2/c20-18-7-2-8-19(21)17(18)13-24-15-5-1-4-14(10-15)11-22-12-16-6-3-9-23-16/h1-2,4-5,7-8,10,16,22H,3,6,9,11-13H2/t16-/m0/s1. The van der Waals surface area contributed by atoms with Gasteiger partial charge >= 0.3 is 0 Å². The van der Waals surface area contributed by atoms with E-state index in [4.69, 9.17) is 21.1 Å². The van der Waals surface area contributed by atoms with Crippen molar-refractivity contribution in [2.24, 2.45) is 0 Å². The molecule has 1 heterocycles. The fourth-order valence-corrected chi connectivity index (χ4v) is 2.97. The minimum Gasteiger partial charge on any atom is -0.489 e. The highest BCUT2D eigenvalue weighted by molar-refractivity contribution is 6.31. The number of hydrogen-bond acceptors (Lipinski definition) is 3. The van der Waals surface area contributed by atoms with Crippen LogP contribution in [0.3, 0.4) is 0 Å². The Morgan fingerprint density at radius 3 is 2.92 bits per heavy atom. The molecule has 2 aromatic rings. The summed E-state index contributed by atoms with van der Waals surface area (Å²) in [5, 5.41) is 3.78. The molecule has 0 saturated carbocycles. The van der Waals surface area contributed by atoms with Crippen molar-refractivity contribution in [3.63, 3.8) is 0 Å². The average Bonchev–Trinajstić information content (AvgIpc) is 3.08. The first-order valence-electron chi connectivity index (χ1n) is 8.19. The summed E-state index contributed by atoms with van der Waals surface area (Å²) in [4.78, 5) is 0. The van der Waals surface area contributed by atoms with Gasteiger partial charge in [0.15, 0.2) is 0 Å². The van der Waals surface area contributed by atoms with Crippen molar-refractivity contribution in [1.29, 1.82) is 0 Å². The van der Waals surface area contributed by atoms with Crippen LogP contribution < -0.4 is 10.1 Å². The summed E-state index contributed by atoms with van der Waals surface area (Å²) in [6.07, 6.45) is 2.60. The number of ether oxygens (including phenoxy) is 2. The Morgan fingerprint density at radius 1 is 1.25 bits per heavy atom. The Kier molecular flexibility index (Phi) is 6.07. The average molecular weight is 350 g/mol. The van der Waals surface area contributed by atoms with Crippen LogP contribution in [0.4, 0.5) is 4.39 Å². The molecule has 1 aliphatic heterocycles. The highest BCUT2D eigenvalue weighted by Crippen LogP contribution is 2.22. The molecule has 3 rings (SSSR count). The number of nitrogens with one attached hydrogen (secondary N) is 1. The van der Waals surface area contributed by atoms with Gasteiger partial charge in [0.25, 0.3) is 0 Å². The van der Waals surface area contributed by atoms with E-state index in [1.807, 2.05) is 24.3 Å². The molecular weight excluding hydrogens is 329 g/mol. The van der Waals surface area contributed by atoms with Crippen LogP contribution in [0.1, 0.15) is 24.0 Å². The second-order valence-corrected chi connectivity index (χ2v) is 6.31. The molecule has 0 bridgehead atoms. The zero-order valence-corrected chi connectivity index (χ0v) is 14.2. The molecule has 128 valence electrons. The third-order valence-corrected chi connectivity index (χ3v) is 4.42. The van der Waals surface area contributed by atoms with Crippen LogP contribution in [-0.4, -0.2) is 19.3 Å². The van der Waals surface area contributed by atoms with Crippen molar-refractivity contribution in [1.82, 2.24) is 5.32 Å². The van der Waals surface area contributed by atoms with E-state index in [-0.39, 0.29) is 12.4 Å². The van der Waals surface area contributed by atoms with Crippen LogP contribution in [0, 0.1) is 5.82 Å². The molecule has 24 heavy (non-hydrogen) atoms. The second kappa shape index (κ2) is 8.47. The van der Waals surface area contributed by atoms with Gasteiger partial charge in [-0.15, -0.1) is 0 Å². The third kappa shape index (κ3) is 4.69. The van der Waals surface area contributed by atoms with E-state index in [1.165, 1.54) is 6.07 Å². The quantitative estimate of drug-likeness (QED) is 0.807. The summed E-state index contributed by atoms with van der Waals surface area (Å²) in [5.74, 6) is 0.350. The predicted molar refractivity (Wildman–Crippen MR) is 92.9 cm³/mol. The largest absolute Gasteiger partial charge is 0.489 e. The zero-order valence-electron chi connectivity index (χ0n) is 13.4. The van der Waals surface area contributed by atoms with E-state index >= 15 is 0 Å². The van der Waals surface area contributed by atoms with Gasteiger partial charge in [-0.2, -0.15) is 0 Å². The van der Waals surface area contributed by atoms with Crippen molar-refractivity contribution in [2.45, 2.75) is 32.1 Å². The Bertz CT molecular complexity index is 654. The summed E-state index contributed by atoms with van der Waals surface area (Å²) in [6, 6.07) is 12.4. The summed E-state index contributed by atoms with van der Waals surface area (Å²) < 4.78 is 25.0. The summed E-state index contributed by atoms with van der Waals surface area (Å²) in [7, 11) is 0. The van der Waals surface area contributed by atoms with Crippen LogP contribution in [-0.2, 0) is 17.9 Å². The zero-order chi connectivity index (χ0) is 16.8. The Balaban J connectivity index is 1.53. The smallest absolute Gasteiger partial charge is 0.131 e. The fraction of sp³-hybridized carbons (Fsp3) is 0.368. The normalized spacial score (nSPS) is 17.2. The third-order valence-electron chi connectivity index (χ3n) is 4.07. The molecule has 0 amide bonds. The molecule has 0 radical (unpaired) electrons. The Morgan fingerprint density at radius 2 is 2.12 bits per heavy atom. The van der Waals surface area contributed by atoms with E-state index in [1.54, 1.807) is 12.1 Å². The van der Waals surface area contributed by atoms with Crippen LogP contribution >= 0.6 is 11.6 Å². The Labute approximate surface area is 146 Å². The van der Waals surface area contributed by atoms with Gasteiger partial charge in [0, 0.05) is 25.3 Å². The van der Waals surface area contributed by atoms with Crippen molar-refractivity contribution in [2.75, 3.05) is 13.2 Å². The molecule has 0 unspecified atom stereocenters. The number of halogens is 2. The first-order valence-corrected chi connectivity index (χ1v) is 8.57. The van der Waals surface area contributed by atoms with Gasteiger partial charge in [0.1, 0.15) is 18.2 Å². The van der Waals surface area contributed by atoms with Crippen LogP contribution in [0.5, 0.6) is 5.75 Å². The predicted octanol–water partition coefficient (Wildman–Crippen LogP) is 4.33. The van der Waals surface area contributed by atoms with Gasteiger partial charge < -0.3 is 14.8 Å². The lowest BCUT2D eigenvalue weighted by molar-refractivity contribution is 0.110. The molecule has 2 aromatic carbocycles. The van der Waals surface area contributed by atoms with Crippen LogP contribution in [0.2, 0.25) is 5.02 Å². The molecule has 1 saturated heterocycles. The number of hydrogen-bond donors (Lipinski definition) is 1. The molecule has 1 N–H and O–H groups in total. The van der Waals surface area contributed by atoms with Crippen molar-refractivity contribution in [3.8, 4) is 5.75 Å². The lowest BCUT2D eigenvalue weighted by Gasteiger charge is -2.12.